The molecule has 9 nitrogen and oxygen atoms in total. The standard InChI is InChI=1S/C11H20N4O5/c1-2-3-15-4-5(13-14-15)7(16)6-8(17)9(18)10(19)11(20)12-6/h4,6-12,16-20H,2-3H2,1H3/t6-,7?,8-,9+,10-,11?/m1/s1. The maximum atomic E-state index is 10.2. The number of aryl methyl sites for hydroxylation is 1. The van der Waals surface area contributed by atoms with Crippen molar-refractivity contribution in [2.75, 3.05) is 0 Å². The highest BCUT2D eigenvalue weighted by Gasteiger charge is 2.45. The Morgan fingerprint density at radius 1 is 1.25 bits per heavy atom. The van der Waals surface area contributed by atoms with Crippen molar-refractivity contribution in [1.29, 1.82) is 0 Å². The lowest BCUT2D eigenvalue weighted by Gasteiger charge is -2.40. The molecule has 2 rings (SSSR count). The highest BCUT2D eigenvalue weighted by atomic mass is 16.4. The fraction of sp³-hybridized carbons (Fsp3) is 0.818. The minimum Gasteiger partial charge on any atom is -0.389 e. The first kappa shape index (κ1) is 15.3. The normalized spacial score (nSPS) is 36.0. The molecule has 0 spiro atoms. The van der Waals surface area contributed by atoms with Gasteiger partial charge in [0.25, 0.3) is 0 Å². The second-order valence-electron chi connectivity index (χ2n) is 4.96. The monoisotopic (exact) mass is 288 g/mol. The third-order valence-electron chi connectivity index (χ3n) is 3.41. The summed E-state index contributed by atoms with van der Waals surface area (Å²) in [6, 6.07) is -1.06. The van der Waals surface area contributed by atoms with Crippen LogP contribution in [-0.2, 0) is 6.54 Å². The molecule has 6 atom stereocenters. The molecule has 1 saturated heterocycles. The van der Waals surface area contributed by atoms with Crippen molar-refractivity contribution >= 4 is 0 Å². The molecule has 1 fully saturated rings. The summed E-state index contributed by atoms with van der Waals surface area (Å²) in [7, 11) is 0. The lowest BCUT2D eigenvalue weighted by atomic mass is 9.90. The zero-order valence-electron chi connectivity index (χ0n) is 11.0. The highest BCUT2D eigenvalue weighted by Crippen LogP contribution is 2.24. The summed E-state index contributed by atoms with van der Waals surface area (Å²) >= 11 is 0. The third-order valence-corrected chi connectivity index (χ3v) is 3.41. The van der Waals surface area contributed by atoms with E-state index in [2.05, 4.69) is 15.6 Å². The second kappa shape index (κ2) is 6.12. The Morgan fingerprint density at radius 3 is 2.60 bits per heavy atom. The minimum atomic E-state index is -1.56. The molecule has 0 amide bonds. The molecule has 6 N–H and O–H groups in total. The van der Waals surface area contributed by atoms with E-state index in [4.69, 9.17) is 0 Å². The Morgan fingerprint density at radius 2 is 1.95 bits per heavy atom. The first-order valence-electron chi connectivity index (χ1n) is 6.52. The summed E-state index contributed by atoms with van der Waals surface area (Å²) in [6.45, 7) is 2.61. The number of aliphatic hydroxyl groups is 5. The summed E-state index contributed by atoms with van der Waals surface area (Å²) in [5.74, 6) is 0. The van der Waals surface area contributed by atoms with Gasteiger partial charge in [-0.15, -0.1) is 5.10 Å². The molecule has 0 bridgehead atoms. The number of piperidine rings is 1. The van der Waals surface area contributed by atoms with Crippen LogP contribution < -0.4 is 5.32 Å². The Kier molecular flexibility index (Phi) is 4.68. The Hall–Kier alpha value is -1.10. The van der Waals surface area contributed by atoms with E-state index in [9.17, 15) is 25.5 Å². The van der Waals surface area contributed by atoms with Crippen LogP contribution in [0.4, 0.5) is 0 Å². The van der Waals surface area contributed by atoms with E-state index in [1.54, 1.807) is 4.68 Å². The Labute approximate surface area is 115 Å². The van der Waals surface area contributed by atoms with E-state index in [-0.39, 0.29) is 5.69 Å². The van der Waals surface area contributed by atoms with Gasteiger partial charge in [0.15, 0.2) is 0 Å². The quantitative estimate of drug-likeness (QED) is 0.346. The Bertz CT molecular complexity index is 442. The third kappa shape index (κ3) is 2.82. The zero-order chi connectivity index (χ0) is 14.9. The van der Waals surface area contributed by atoms with Gasteiger partial charge in [0, 0.05) is 6.54 Å². The van der Waals surface area contributed by atoms with Gasteiger partial charge in [0.2, 0.25) is 0 Å². The van der Waals surface area contributed by atoms with Crippen molar-refractivity contribution in [3.8, 4) is 0 Å². The van der Waals surface area contributed by atoms with Gasteiger partial charge >= 0.3 is 0 Å². The number of aromatic nitrogens is 3. The molecule has 0 aromatic carbocycles. The van der Waals surface area contributed by atoms with Crippen molar-refractivity contribution in [2.24, 2.45) is 0 Å². The van der Waals surface area contributed by atoms with Gasteiger partial charge in [-0.1, -0.05) is 12.1 Å². The van der Waals surface area contributed by atoms with Gasteiger partial charge in [-0.2, -0.15) is 0 Å². The van der Waals surface area contributed by atoms with Gasteiger partial charge in [0.1, 0.15) is 36.3 Å². The molecule has 0 aliphatic carbocycles. The van der Waals surface area contributed by atoms with Gasteiger partial charge < -0.3 is 25.5 Å². The summed E-state index contributed by atoms with van der Waals surface area (Å²) in [4.78, 5) is 0. The molecule has 0 radical (unpaired) electrons. The Balaban J connectivity index is 2.12. The lowest BCUT2D eigenvalue weighted by molar-refractivity contribution is -0.171. The molecule has 1 aliphatic heterocycles. The number of hydrogen-bond acceptors (Lipinski definition) is 8. The number of nitrogens with zero attached hydrogens (tertiary/aromatic N) is 3. The molecular formula is C11H20N4O5. The lowest BCUT2D eigenvalue weighted by Crippen LogP contribution is -2.66. The number of nitrogens with one attached hydrogen (secondary N) is 1. The van der Waals surface area contributed by atoms with Gasteiger partial charge in [-0.25, -0.2) is 0 Å². The van der Waals surface area contributed by atoms with Crippen molar-refractivity contribution < 1.29 is 25.5 Å². The van der Waals surface area contributed by atoms with Crippen LogP contribution in [0.5, 0.6) is 0 Å². The zero-order valence-corrected chi connectivity index (χ0v) is 11.0. The van der Waals surface area contributed by atoms with E-state index >= 15 is 0 Å². The van der Waals surface area contributed by atoms with Crippen molar-refractivity contribution in [3.63, 3.8) is 0 Å². The molecule has 1 aromatic heterocycles. The van der Waals surface area contributed by atoms with Crippen LogP contribution in [0.2, 0.25) is 0 Å². The molecule has 1 aromatic rings. The average molecular weight is 288 g/mol. The predicted molar refractivity (Wildman–Crippen MR) is 66.2 cm³/mol. The van der Waals surface area contributed by atoms with E-state index < -0.39 is 36.7 Å². The first-order valence-corrected chi connectivity index (χ1v) is 6.52. The molecule has 1 aliphatic rings. The van der Waals surface area contributed by atoms with Gasteiger partial charge in [-0.3, -0.25) is 10.00 Å². The van der Waals surface area contributed by atoms with E-state index in [1.165, 1.54) is 6.20 Å². The molecule has 114 valence electrons. The summed E-state index contributed by atoms with van der Waals surface area (Å²) in [6.07, 6.45) is -4.86. The van der Waals surface area contributed by atoms with Gasteiger partial charge in [0.05, 0.1) is 12.2 Å². The molecule has 9 heteroatoms. The number of aliphatic hydroxyl groups excluding tert-OH is 5. The minimum absolute atomic E-state index is 0.214. The van der Waals surface area contributed by atoms with Crippen LogP contribution in [0.25, 0.3) is 0 Å². The van der Waals surface area contributed by atoms with Crippen molar-refractivity contribution in [3.05, 3.63) is 11.9 Å². The predicted octanol–water partition coefficient (Wildman–Crippen LogP) is -2.91. The summed E-state index contributed by atoms with van der Waals surface area (Å²) < 4.78 is 1.55. The van der Waals surface area contributed by atoms with Crippen LogP contribution in [0.3, 0.4) is 0 Å². The number of hydrogen-bond donors (Lipinski definition) is 6. The van der Waals surface area contributed by atoms with E-state index in [0.29, 0.717) is 6.54 Å². The molecule has 2 unspecified atom stereocenters. The maximum absolute atomic E-state index is 10.2. The van der Waals surface area contributed by atoms with Gasteiger partial charge in [-0.05, 0) is 6.42 Å². The van der Waals surface area contributed by atoms with Crippen LogP contribution in [0, 0.1) is 0 Å². The van der Waals surface area contributed by atoms with Crippen molar-refractivity contribution in [1.82, 2.24) is 20.3 Å². The SMILES string of the molecule is CCCn1cc(C(O)[C@H]2NC(O)[C@H](O)[C@@H](O)[C@@H]2O)nn1. The molecule has 0 saturated carbocycles. The summed E-state index contributed by atoms with van der Waals surface area (Å²) in [5, 5.41) is 58.7. The number of rotatable bonds is 4. The highest BCUT2D eigenvalue weighted by molar-refractivity contribution is 5.07. The molecule has 2 heterocycles. The average Bonchev–Trinajstić information content (AvgIpc) is 2.89. The first-order chi connectivity index (χ1) is 9.45. The van der Waals surface area contributed by atoms with Crippen molar-refractivity contribution in [2.45, 2.75) is 56.6 Å². The van der Waals surface area contributed by atoms with E-state index in [1.807, 2.05) is 6.92 Å². The smallest absolute Gasteiger partial charge is 0.134 e. The fourth-order valence-electron chi connectivity index (χ4n) is 2.24. The topological polar surface area (TPSA) is 144 Å². The molecular weight excluding hydrogens is 268 g/mol. The maximum Gasteiger partial charge on any atom is 0.134 e. The summed E-state index contributed by atoms with van der Waals surface area (Å²) in [5.41, 5.74) is 0.214. The van der Waals surface area contributed by atoms with Crippen LogP contribution >= 0.6 is 0 Å². The second-order valence-corrected chi connectivity index (χ2v) is 4.96. The van der Waals surface area contributed by atoms with Crippen LogP contribution in [-0.4, -0.2) is 71.1 Å². The van der Waals surface area contributed by atoms with Crippen LogP contribution in [0.15, 0.2) is 6.20 Å². The fourth-order valence-corrected chi connectivity index (χ4v) is 2.24. The van der Waals surface area contributed by atoms with E-state index in [0.717, 1.165) is 6.42 Å². The largest absolute Gasteiger partial charge is 0.389 e. The molecule has 20 heavy (non-hydrogen) atoms. The van der Waals surface area contributed by atoms with Crippen LogP contribution in [0.1, 0.15) is 25.1 Å².